The molecule has 1 aliphatic rings. The molecule has 0 spiro atoms. The fraction of sp³-hybridized carbons (Fsp3) is 0.160. The number of hydrogen-bond acceptors (Lipinski definition) is 16. The molecule has 594 valence electrons. The summed E-state index contributed by atoms with van der Waals surface area (Å²) in [5, 5.41) is 22.0. The highest BCUT2D eigenvalue weighted by molar-refractivity contribution is 9.10. The number of nitrogens with two attached hydrogens (primary N) is 1. The minimum atomic E-state index is -3.79. The van der Waals surface area contributed by atoms with E-state index >= 15 is 0 Å². The largest absolute Gasteiger partial charge is 0.497 e. The van der Waals surface area contributed by atoms with Crippen LogP contribution in [0.3, 0.4) is 0 Å². The van der Waals surface area contributed by atoms with E-state index in [4.69, 9.17) is 20.1 Å². The molecule has 0 bridgehead atoms. The number of aromatic amines is 1. The molecule has 15 rings (SSSR count). The van der Waals surface area contributed by atoms with Crippen LogP contribution in [0.25, 0.3) is 33.2 Å². The summed E-state index contributed by atoms with van der Waals surface area (Å²) < 4.78 is 124. The molecule has 0 aliphatic carbocycles. The molecule has 0 unspecified atom stereocenters. The van der Waals surface area contributed by atoms with E-state index in [1.165, 1.54) is 102 Å². The molecule has 1 fully saturated rings. The molecule has 11 heterocycles. The number of carbonyl (C=O) groups is 3. The van der Waals surface area contributed by atoms with Crippen molar-refractivity contribution in [2.24, 2.45) is 5.73 Å². The van der Waals surface area contributed by atoms with Gasteiger partial charge in [0.15, 0.2) is 40.6 Å². The highest BCUT2D eigenvalue weighted by atomic mass is 79.9. The Morgan fingerprint density at radius 2 is 1.00 bits per heavy atom. The Hall–Kier alpha value is -10.9. The van der Waals surface area contributed by atoms with Gasteiger partial charge in [-0.15, -0.1) is 34.0 Å². The number of amides is 2. The molecule has 21 nitrogen and oxygen atoms in total. The summed E-state index contributed by atoms with van der Waals surface area (Å²) in [6.07, 6.45) is 11.2. The van der Waals surface area contributed by atoms with Gasteiger partial charge in [0.1, 0.15) is 22.3 Å². The molecule has 1 aliphatic heterocycles. The van der Waals surface area contributed by atoms with Crippen molar-refractivity contribution in [2.75, 3.05) is 0 Å². The lowest BCUT2D eigenvalue weighted by Crippen LogP contribution is -2.41. The van der Waals surface area contributed by atoms with Crippen LogP contribution < -0.4 is 38.5 Å². The summed E-state index contributed by atoms with van der Waals surface area (Å²) >= 11 is 11.3. The Morgan fingerprint density at radius 3 is 1.45 bits per heavy atom. The van der Waals surface area contributed by atoms with E-state index in [-0.39, 0.29) is 55.2 Å². The number of nitrogens with zero attached hydrogens (tertiary/aromatic N) is 6. The average molecular weight is 1770 g/mol. The van der Waals surface area contributed by atoms with Gasteiger partial charge < -0.3 is 49.5 Å². The molecule has 10 aromatic heterocycles. The molecule has 2 amide bonds. The number of pyridine rings is 5. The van der Waals surface area contributed by atoms with Crippen LogP contribution in [0, 0.1) is 34.9 Å². The van der Waals surface area contributed by atoms with Gasteiger partial charge in [0, 0.05) is 106 Å². The first-order valence-electron chi connectivity index (χ1n) is 34.4. The smallest absolute Gasteiger partial charge is 0.477 e. The summed E-state index contributed by atoms with van der Waals surface area (Å²) in [7, 11) is -4.46. The molecule has 14 aromatic rings. The summed E-state index contributed by atoms with van der Waals surface area (Å²) in [4.78, 5) is 88.0. The lowest BCUT2D eigenvalue weighted by Gasteiger charge is -2.32. The maximum Gasteiger partial charge on any atom is 0.497 e. The first-order valence-corrected chi connectivity index (χ1v) is 40.0. The summed E-state index contributed by atoms with van der Waals surface area (Å²) in [6, 6.07) is 40.4. The zero-order chi connectivity index (χ0) is 81.8. The van der Waals surface area contributed by atoms with Crippen molar-refractivity contribution in [3.8, 4) is 11.1 Å². The Kier molecular flexibility index (Phi) is 28.6. The maximum absolute atomic E-state index is 13.5. The van der Waals surface area contributed by atoms with Gasteiger partial charge in [-0.05, 0) is 215 Å². The lowest BCUT2D eigenvalue weighted by molar-refractivity contribution is 0.00578. The maximum atomic E-state index is 13.5. The number of hydrogen-bond donors (Lipinski definition) is 5. The van der Waals surface area contributed by atoms with E-state index in [0.29, 0.717) is 46.3 Å². The normalized spacial score (nSPS) is 12.5. The predicted octanol–water partition coefficient (Wildman–Crippen LogP) is 15.7. The average Bonchev–Trinajstić information content (AvgIpc) is 1.58. The standard InChI is InChI=1S/C25H18F2N4O2S.C19H21BN2O4S.C18H13BrF2N2O2S.C13H9F2NO3.C5H6BrNS.CH4/c26-21-6-5-15(9-22(21)27)13-31-8-2-4-19(25(31)33)24(32)30-11-17-10-16(14-34-17)20-12-29-23-18(20)3-1-7-28-23;1-18(2)19(3,4)26-20(25-18)16-13-22(17-15(16)11-8-12-21-17)27(23,24)14-9-6-5-7-10-14;19-12-7-13(26-10-12)8-22-17(24)14-2-1-5-23(18(14)25)9-11-3-4-15(20)16(21)6-11;14-10-4-3-8(6-11(10)15)7-16-5-1-2-9(12(16)17)13(18)19;6-4-1-5(2-7)8-3-4;/h1-10,12,14H,11,13H2,(H,28,29)(H,30,32);5-13H,1-4H3;1-7,10H,8-9H2,(H,22,24);1-6H,7H2,(H,18,19);1,3H,2,7H2;1H4. The third-order valence-corrected chi connectivity index (χ3v) is 23.9. The lowest BCUT2D eigenvalue weighted by atomic mass is 9.79. The fourth-order valence-electron chi connectivity index (χ4n) is 11.3. The number of carboxylic acid groups (broad SMARTS) is 1. The fourth-order valence-corrected chi connectivity index (χ4v) is 16.2. The van der Waals surface area contributed by atoms with E-state index in [1.807, 2.05) is 86.4 Å². The van der Waals surface area contributed by atoms with Crippen molar-refractivity contribution < 1.29 is 63.6 Å². The molecular formula is C81H71BBr2F6N10O11S4. The van der Waals surface area contributed by atoms with Crippen molar-refractivity contribution in [1.82, 2.24) is 43.3 Å². The Labute approximate surface area is 683 Å². The van der Waals surface area contributed by atoms with E-state index in [0.717, 1.165) is 81.8 Å². The van der Waals surface area contributed by atoms with Gasteiger partial charge in [-0.3, -0.25) is 24.0 Å². The minimum Gasteiger partial charge on any atom is -0.477 e. The van der Waals surface area contributed by atoms with Gasteiger partial charge in [-0.25, -0.2) is 53.5 Å². The molecule has 115 heavy (non-hydrogen) atoms. The van der Waals surface area contributed by atoms with Crippen LogP contribution in [-0.4, -0.2) is 82.3 Å². The SMILES string of the molecule is C.CC1(C)OB(c2cn(S(=O)(=O)c3ccccc3)c3ncccc23)OC1(C)C.NCc1cc(Br)cs1.O=C(NCc1cc(-c2c[nH]c3ncccc23)cs1)c1cccn(Cc2ccc(F)c(F)c2)c1=O.O=C(NCc1cc(Br)cs1)c1cccn(Cc2ccc(F)c(F)c2)c1=O.O=C(O)c1cccn(Cc2ccc(F)c(F)c2)c1=O. The van der Waals surface area contributed by atoms with E-state index < -0.39 is 97.7 Å². The predicted molar refractivity (Wildman–Crippen MR) is 440 cm³/mol. The Balaban J connectivity index is 0.000000159. The van der Waals surface area contributed by atoms with E-state index in [2.05, 4.69) is 57.4 Å². The second-order valence-corrected chi connectivity index (χ2v) is 32.8. The molecule has 0 radical (unpaired) electrons. The second kappa shape index (κ2) is 38.0. The number of nitrogens with one attached hydrogen (secondary N) is 3. The third-order valence-electron chi connectivity index (χ3n) is 17.9. The topological polar surface area (TPSA) is 287 Å². The number of H-pyrrole nitrogens is 1. The quantitative estimate of drug-likeness (QED) is 0.0394. The number of aromatic nitrogens is 7. The number of thiophene rings is 3. The van der Waals surface area contributed by atoms with Crippen molar-refractivity contribution in [3.05, 3.63) is 346 Å². The van der Waals surface area contributed by atoms with Gasteiger partial charge in [-0.2, -0.15) is 0 Å². The van der Waals surface area contributed by atoms with Gasteiger partial charge >= 0.3 is 13.1 Å². The van der Waals surface area contributed by atoms with Crippen LogP contribution in [0.4, 0.5) is 26.3 Å². The van der Waals surface area contributed by atoms with Crippen LogP contribution in [0.5, 0.6) is 0 Å². The van der Waals surface area contributed by atoms with E-state index in [9.17, 15) is 63.5 Å². The highest BCUT2D eigenvalue weighted by Gasteiger charge is 2.53. The molecule has 0 atom stereocenters. The third kappa shape index (κ3) is 21.2. The Bertz CT molecular complexity index is 6160. The molecule has 34 heteroatoms. The second-order valence-electron chi connectivity index (χ2n) is 26.2. The number of aromatic carboxylic acids is 1. The van der Waals surface area contributed by atoms with Crippen LogP contribution in [0.2, 0.25) is 0 Å². The van der Waals surface area contributed by atoms with Gasteiger partial charge in [0.05, 0.1) is 48.8 Å². The first-order chi connectivity index (χ1) is 54.4. The summed E-state index contributed by atoms with van der Waals surface area (Å²) in [5.74, 6) is -8.18. The van der Waals surface area contributed by atoms with Crippen LogP contribution in [0.1, 0.15) is 97.5 Å². The van der Waals surface area contributed by atoms with Crippen molar-refractivity contribution in [3.63, 3.8) is 0 Å². The van der Waals surface area contributed by atoms with Crippen LogP contribution in [0.15, 0.2) is 252 Å². The van der Waals surface area contributed by atoms with Crippen LogP contribution in [-0.2, 0) is 58.6 Å². The number of rotatable bonds is 18. The summed E-state index contributed by atoms with van der Waals surface area (Å²) in [6.45, 7) is 9.11. The zero-order valence-corrected chi connectivity index (χ0v) is 67.1. The molecule has 0 saturated carbocycles. The molecule has 4 aromatic carbocycles. The van der Waals surface area contributed by atoms with Crippen LogP contribution >= 0.6 is 65.9 Å². The minimum absolute atomic E-state index is 0. The van der Waals surface area contributed by atoms with Crippen molar-refractivity contribution >= 4 is 128 Å². The van der Waals surface area contributed by atoms with Gasteiger partial charge in [0.25, 0.3) is 38.5 Å². The summed E-state index contributed by atoms with van der Waals surface area (Å²) in [5.41, 5.74) is 7.26. The number of fused-ring (bicyclic) bond motifs is 2. The molecule has 1 saturated heterocycles. The van der Waals surface area contributed by atoms with Crippen molar-refractivity contribution in [1.29, 1.82) is 0 Å². The number of carbonyl (C=O) groups excluding carboxylic acids is 2. The Morgan fingerprint density at radius 1 is 0.557 bits per heavy atom. The number of benzene rings is 4. The molecular weight excluding hydrogens is 1700 g/mol. The van der Waals surface area contributed by atoms with Gasteiger partial charge in [-0.1, -0.05) is 43.8 Å². The van der Waals surface area contributed by atoms with E-state index in [1.54, 1.807) is 78.5 Å². The molecule has 6 N–H and O–H groups in total. The monoisotopic (exact) mass is 1770 g/mol. The number of carboxylic acids is 1. The highest BCUT2D eigenvalue weighted by Crippen LogP contribution is 2.38. The number of halogens is 8. The van der Waals surface area contributed by atoms with Gasteiger partial charge in [0.2, 0.25) is 0 Å². The zero-order valence-electron chi connectivity index (χ0n) is 60.6. The van der Waals surface area contributed by atoms with Crippen molar-refractivity contribution in [2.45, 2.75) is 90.5 Å². The first kappa shape index (κ1) is 86.5.